The molecule has 3 fully saturated rings. The largest absolute Gasteiger partial charge is 0.454 e. The fourth-order valence-corrected chi connectivity index (χ4v) is 5.60. The third kappa shape index (κ3) is 3.87. The lowest BCUT2D eigenvalue weighted by Gasteiger charge is -2.28. The van der Waals surface area contributed by atoms with Crippen molar-refractivity contribution in [2.24, 2.45) is 23.7 Å². The molecule has 0 aromatic heterocycles. The van der Waals surface area contributed by atoms with Gasteiger partial charge in [0.05, 0.1) is 22.6 Å². The van der Waals surface area contributed by atoms with Crippen LogP contribution in [0.5, 0.6) is 0 Å². The van der Waals surface area contributed by atoms with E-state index in [2.05, 4.69) is 10.9 Å². The quantitative estimate of drug-likeness (QED) is 0.280. The predicted molar refractivity (Wildman–Crippen MR) is 108 cm³/mol. The number of likely N-dealkylation sites (tertiary alicyclic amines) is 1. The Morgan fingerprint density at radius 2 is 1.55 bits per heavy atom. The zero-order valence-corrected chi connectivity index (χ0v) is 17.6. The van der Waals surface area contributed by atoms with Gasteiger partial charge in [0.2, 0.25) is 11.8 Å². The molecule has 1 saturated heterocycles. The van der Waals surface area contributed by atoms with Gasteiger partial charge in [-0.2, -0.15) is 0 Å². The van der Waals surface area contributed by atoms with Crippen LogP contribution in [-0.4, -0.2) is 58.4 Å². The lowest BCUT2D eigenvalue weighted by molar-refractivity contribution is -0.155. The molecule has 1 aliphatic heterocycles. The fraction of sp³-hybridized carbons (Fsp3) is 0.450. The van der Waals surface area contributed by atoms with E-state index in [0.29, 0.717) is 12.0 Å². The number of imide groups is 1. The van der Waals surface area contributed by atoms with Crippen LogP contribution in [0.3, 0.4) is 0 Å². The Hall–Kier alpha value is -2.65. The van der Waals surface area contributed by atoms with Crippen molar-refractivity contribution in [1.29, 1.82) is 0 Å². The van der Waals surface area contributed by atoms with Crippen molar-refractivity contribution in [2.75, 3.05) is 13.2 Å². The minimum atomic E-state index is -0.914. The summed E-state index contributed by atoms with van der Waals surface area (Å²) >= 11 is 12.6. The van der Waals surface area contributed by atoms with Crippen molar-refractivity contribution in [3.8, 4) is 0 Å². The number of hydrazine groups is 1. The second kappa shape index (κ2) is 8.47. The molecule has 0 unspecified atom stereocenters. The van der Waals surface area contributed by atoms with Crippen LogP contribution in [0, 0.1) is 23.7 Å². The Morgan fingerprint density at radius 1 is 0.968 bits per heavy atom. The van der Waals surface area contributed by atoms with Gasteiger partial charge in [-0.3, -0.25) is 39.7 Å². The lowest BCUT2D eigenvalue weighted by Crippen LogP contribution is -2.44. The Morgan fingerprint density at radius 3 is 2.13 bits per heavy atom. The molecule has 3 aliphatic rings. The lowest BCUT2D eigenvalue weighted by atomic mass is 9.80. The van der Waals surface area contributed by atoms with Crippen LogP contribution >= 0.6 is 23.2 Å². The Balaban J connectivity index is 1.25. The number of fused-ring (bicyclic) bond motifs is 5. The Bertz CT molecular complexity index is 910. The number of nitrogens with one attached hydrogen (secondary N) is 2. The van der Waals surface area contributed by atoms with Gasteiger partial charge in [-0.05, 0) is 30.4 Å². The van der Waals surface area contributed by atoms with Crippen LogP contribution in [0.1, 0.15) is 16.8 Å². The molecule has 11 heteroatoms. The van der Waals surface area contributed by atoms with Gasteiger partial charge >= 0.3 is 5.97 Å². The van der Waals surface area contributed by atoms with E-state index in [-0.39, 0.29) is 22.6 Å². The van der Waals surface area contributed by atoms with E-state index in [9.17, 15) is 24.0 Å². The first-order chi connectivity index (χ1) is 14.8. The van der Waals surface area contributed by atoms with Gasteiger partial charge in [-0.25, -0.2) is 0 Å². The van der Waals surface area contributed by atoms with Gasteiger partial charge in [0.25, 0.3) is 11.8 Å². The number of esters is 1. The molecule has 164 valence electrons. The number of alkyl halides is 2. The van der Waals surface area contributed by atoms with E-state index in [0.717, 1.165) is 4.90 Å². The molecule has 6 atom stereocenters. The van der Waals surface area contributed by atoms with Gasteiger partial charge in [0.1, 0.15) is 6.54 Å². The molecule has 31 heavy (non-hydrogen) atoms. The third-order valence-corrected chi connectivity index (χ3v) is 7.40. The molecule has 2 aliphatic carbocycles. The predicted octanol–water partition coefficient (Wildman–Crippen LogP) is 0.457. The second-order valence-corrected chi connectivity index (χ2v) is 8.80. The zero-order chi connectivity index (χ0) is 22.3. The normalized spacial score (nSPS) is 30.8. The van der Waals surface area contributed by atoms with Crippen LogP contribution in [0.2, 0.25) is 0 Å². The summed E-state index contributed by atoms with van der Waals surface area (Å²) in [7, 11) is 0. The number of benzene rings is 1. The number of halogens is 2. The minimum absolute atomic E-state index is 0.185. The standard InChI is InChI=1S/C20H19Cl2N3O6/c21-16-10-6-11(17(16)22)15-14(10)19(29)25(20(15)30)7-13(27)31-8-12(26)23-24-18(28)9-4-2-1-3-5-9/h1-5,10-11,14-17H,6-8H2,(H,23,26)(H,24,28)/t10-,11-,14-,15-,16+,17+/m1/s1. The van der Waals surface area contributed by atoms with E-state index in [1.807, 2.05) is 0 Å². The summed E-state index contributed by atoms with van der Waals surface area (Å²) in [6.07, 6.45) is 0.627. The number of hydrogen-bond acceptors (Lipinski definition) is 6. The van der Waals surface area contributed by atoms with Crippen LogP contribution < -0.4 is 10.9 Å². The van der Waals surface area contributed by atoms with Gasteiger partial charge in [-0.1, -0.05) is 18.2 Å². The number of carbonyl (C=O) groups excluding carboxylic acids is 5. The van der Waals surface area contributed by atoms with Crippen molar-refractivity contribution in [2.45, 2.75) is 17.2 Å². The maximum atomic E-state index is 12.7. The molecular formula is C20H19Cl2N3O6. The maximum Gasteiger partial charge on any atom is 0.326 e. The summed E-state index contributed by atoms with van der Waals surface area (Å²) in [4.78, 5) is 62.0. The highest BCUT2D eigenvalue weighted by molar-refractivity contribution is 6.31. The second-order valence-electron chi connectivity index (χ2n) is 7.80. The van der Waals surface area contributed by atoms with E-state index in [1.165, 1.54) is 0 Å². The Labute approximate surface area is 187 Å². The molecule has 1 heterocycles. The topological polar surface area (TPSA) is 122 Å². The van der Waals surface area contributed by atoms with Crippen molar-refractivity contribution < 1.29 is 28.7 Å². The van der Waals surface area contributed by atoms with E-state index in [4.69, 9.17) is 27.9 Å². The molecule has 1 aromatic rings. The number of nitrogens with zero attached hydrogens (tertiary/aromatic N) is 1. The summed E-state index contributed by atoms with van der Waals surface area (Å²) in [5.74, 6) is -4.61. The summed E-state index contributed by atoms with van der Waals surface area (Å²) in [5, 5.41) is -0.766. The van der Waals surface area contributed by atoms with Crippen LogP contribution in [0.15, 0.2) is 30.3 Å². The fourth-order valence-electron chi connectivity index (χ4n) is 4.71. The molecule has 0 spiro atoms. The molecule has 2 bridgehead atoms. The highest BCUT2D eigenvalue weighted by atomic mass is 35.5. The molecule has 1 aromatic carbocycles. The van der Waals surface area contributed by atoms with Crippen LogP contribution in [0.25, 0.3) is 0 Å². The van der Waals surface area contributed by atoms with Gasteiger partial charge < -0.3 is 4.74 Å². The average Bonchev–Trinajstić information content (AvgIpc) is 3.37. The van der Waals surface area contributed by atoms with E-state index in [1.54, 1.807) is 30.3 Å². The molecule has 2 saturated carbocycles. The molecule has 4 amide bonds. The number of carbonyl (C=O) groups is 5. The first kappa shape index (κ1) is 21.6. The average molecular weight is 468 g/mol. The minimum Gasteiger partial charge on any atom is -0.454 e. The Kier molecular flexibility index (Phi) is 5.90. The first-order valence-corrected chi connectivity index (χ1v) is 10.6. The third-order valence-electron chi connectivity index (χ3n) is 6.08. The molecule has 2 N–H and O–H groups in total. The van der Waals surface area contributed by atoms with E-state index < -0.39 is 54.6 Å². The molecule has 9 nitrogen and oxygen atoms in total. The highest BCUT2D eigenvalue weighted by Crippen LogP contribution is 2.59. The van der Waals surface area contributed by atoms with Gasteiger partial charge in [-0.15, -0.1) is 23.2 Å². The highest BCUT2D eigenvalue weighted by Gasteiger charge is 2.66. The number of hydrogen-bond donors (Lipinski definition) is 2. The zero-order valence-electron chi connectivity index (χ0n) is 16.1. The van der Waals surface area contributed by atoms with Crippen molar-refractivity contribution in [1.82, 2.24) is 15.8 Å². The number of ether oxygens (including phenoxy) is 1. The van der Waals surface area contributed by atoms with Crippen molar-refractivity contribution in [3.63, 3.8) is 0 Å². The maximum absolute atomic E-state index is 12.7. The summed E-state index contributed by atoms with van der Waals surface area (Å²) in [5.41, 5.74) is 4.64. The van der Waals surface area contributed by atoms with Crippen molar-refractivity contribution >= 4 is 52.8 Å². The smallest absolute Gasteiger partial charge is 0.326 e. The summed E-state index contributed by atoms with van der Waals surface area (Å²) in [6.45, 7) is -1.27. The first-order valence-electron chi connectivity index (χ1n) is 9.72. The molecule has 4 rings (SSSR count). The number of rotatable bonds is 5. The van der Waals surface area contributed by atoms with Crippen LogP contribution in [-0.2, 0) is 23.9 Å². The van der Waals surface area contributed by atoms with E-state index >= 15 is 0 Å². The van der Waals surface area contributed by atoms with Gasteiger partial charge in [0, 0.05) is 5.56 Å². The summed E-state index contributed by atoms with van der Waals surface area (Å²) < 4.78 is 4.83. The van der Waals surface area contributed by atoms with Crippen LogP contribution in [0.4, 0.5) is 0 Å². The molecular weight excluding hydrogens is 449 g/mol. The number of amides is 4. The SMILES string of the molecule is O=C(COC(=O)CN1C(=O)[C@@H]2[C@H]3C[C@@H]([C@H](Cl)[C@H]3Cl)[C@H]2C1=O)NNC(=O)c1ccccc1. The molecule has 0 radical (unpaired) electrons. The summed E-state index contributed by atoms with van der Waals surface area (Å²) in [6, 6.07) is 8.20. The van der Waals surface area contributed by atoms with Crippen molar-refractivity contribution in [3.05, 3.63) is 35.9 Å². The monoisotopic (exact) mass is 467 g/mol. The van der Waals surface area contributed by atoms with Gasteiger partial charge in [0.15, 0.2) is 6.61 Å².